The normalized spacial score (nSPS) is 10.8. The highest BCUT2D eigenvalue weighted by Crippen LogP contribution is 2.32. The first kappa shape index (κ1) is 9.74. The molecular weight excluding hydrogens is 265 g/mol. The van der Waals surface area contributed by atoms with Gasteiger partial charge in [-0.3, -0.25) is 4.79 Å². The third kappa shape index (κ3) is 1.20. The molecular formula is C10H7BrClNO. The molecule has 0 bridgehead atoms. The molecule has 0 N–H and O–H groups in total. The Morgan fingerprint density at radius 1 is 1.50 bits per heavy atom. The van der Waals surface area contributed by atoms with E-state index in [0.29, 0.717) is 10.7 Å². The number of hydrogen-bond acceptors (Lipinski definition) is 1. The first-order chi connectivity index (χ1) is 6.66. The van der Waals surface area contributed by atoms with Crippen LogP contribution in [0.5, 0.6) is 0 Å². The van der Waals surface area contributed by atoms with Crippen molar-refractivity contribution in [2.75, 3.05) is 0 Å². The topological polar surface area (TPSA) is 22.0 Å². The second-order valence-corrected chi connectivity index (χ2v) is 4.23. The van der Waals surface area contributed by atoms with Crippen LogP contribution in [0, 0.1) is 0 Å². The van der Waals surface area contributed by atoms with Crippen LogP contribution in [-0.2, 0) is 7.05 Å². The molecule has 2 rings (SSSR count). The van der Waals surface area contributed by atoms with Gasteiger partial charge in [0.05, 0.1) is 11.1 Å². The first-order valence-electron chi connectivity index (χ1n) is 4.04. The van der Waals surface area contributed by atoms with E-state index in [9.17, 15) is 4.79 Å². The Morgan fingerprint density at radius 2 is 2.21 bits per heavy atom. The number of aromatic nitrogens is 1. The van der Waals surface area contributed by atoms with Crippen molar-refractivity contribution in [1.29, 1.82) is 0 Å². The van der Waals surface area contributed by atoms with Gasteiger partial charge in [0.25, 0.3) is 0 Å². The quantitative estimate of drug-likeness (QED) is 0.729. The minimum absolute atomic E-state index is 0.474. The van der Waals surface area contributed by atoms with E-state index in [0.717, 1.165) is 21.7 Å². The highest BCUT2D eigenvalue weighted by molar-refractivity contribution is 9.10. The third-order valence-corrected chi connectivity index (χ3v) is 3.37. The van der Waals surface area contributed by atoms with E-state index in [2.05, 4.69) is 15.9 Å². The number of nitrogens with zero attached hydrogens (tertiary/aromatic N) is 1. The maximum Gasteiger partial charge on any atom is 0.153 e. The lowest BCUT2D eigenvalue weighted by Crippen LogP contribution is -1.86. The summed E-state index contributed by atoms with van der Waals surface area (Å²) in [7, 11) is 1.84. The summed E-state index contributed by atoms with van der Waals surface area (Å²) in [4.78, 5) is 10.9. The van der Waals surface area contributed by atoms with Gasteiger partial charge in [0.1, 0.15) is 5.15 Å². The molecule has 0 aliphatic carbocycles. The molecule has 0 saturated carbocycles. The number of aldehydes is 1. The van der Waals surface area contributed by atoms with Crippen molar-refractivity contribution in [3.8, 4) is 0 Å². The van der Waals surface area contributed by atoms with Gasteiger partial charge in [-0.15, -0.1) is 0 Å². The molecule has 0 spiro atoms. The predicted molar refractivity (Wildman–Crippen MR) is 61.0 cm³/mol. The number of halogens is 2. The molecule has 0 fully saturated rings. The van der Waals surface area contributed by atoms with Gasteiger partial charge < -0.3 is 4.57 Å². The van der Waals surface area contributed by atoms with Crippen LogP contribution in [0.1, 0.15) is 10.4 Å². The largest absolute Gasteiger partial charge is 0.334 e. The number of carbonyl (C=O) groups excluding carboxylic acids is 1. The molecule has 0 aliphatic rings. The molecule has 0 saturated heterocycles. The second kappa shape index (κ2) is 3.41. The monoisotopic (exact) mass is 271 g/mol. The number of aryl methyl sites for hydroxylation is 1. The fourth-order valence-corrected chi connectivity index (χ4v) is 2.36. The predicted octanol–water partition coefficient (Wildman–Crippen LogP) is 3.41. The summed E-state index contributed by atoms with van der Waals surface area (Å²) in [5, 5.41) is 1.34. The van der Waals surface area contributed by atoms with Crippen molar-refractivity contribution in [1.82, 2.24) is 4.57 Å². The van der Waals surface area contributed by atoms with Gasteiger partial charge in [0.15, 0.2) is 6.29 Å². The molecule has 0 aliphatic heterocycles. The molecule has 2 aromatic rings. The van der Waals surface area contributed by atoms with E-state index < -0.39 is 0 Å². The van der Waals surface area contributed by atoms with Crippen LogP contribution in [0.25, 0.3) is 10.9 Å². The van der Waals surface area contributed by atoms with Crippen LogP contribution >= 0.6 is 27.5 Å². The molecule has 72 valence electrons. The van der Waals surface area contributed by atoms with Gasteiger partial charge >= 0.3 is 0 Å². The molecule has 0 radical (unpaired) electrons. The van der Waals surface area contributed by atoms with Crippen LogP contribution in [-0.4, -0.2) is 10.9 Å². The van der Waals surface area contributed by atoms with Gasteiger partial charge in [-0.2, -0.15) is 0 Å². The Kier molecular flexibility index (Phi) is 2.37. The van der Waals surface area contributed by atoms with Crippen molar-refractivity contribution in [2.45, 2.75) is 0 Å². The lowest BCUT2D eigenvalue weighted by Gasteiger charge is -1.96. The summed E-state index contributed by atoms with van der Waals surface area (Å²) in [5.74, 6) is 0. The minimum atomic E-state index is 0.474. The van der Waals surface area contributed by atoms with E-state index in [-0.39, 0.29) is 0 Å². The standard InChI is InChI=1S/C10H7BrClNO/c1-13-8-4-2-3-7(11)9(8)6(5-14)10(13)12/h2-5H,1H3. The molecule has 1 heterocycles. The summed E-state index contributed by atoms with van der Waals surface area (Å²) < 4.78 is 2.69. The van der Waals surface area contributed by atoms with Gasteiger partial charge in [-0.25, -0.2) is 0 Å². The molecule has 0 amide bonds. The van der Waals surface area contributed by atoms with Crippen molar-refractivity contribution in [3.63, 3.8) is 0 Å². The summed E-state index contributed by atoms with van der Waals surface area (Å²) in [6, 6.07) is 5.74. The zero-order chi connectivity index (χ0) is 10.3. The zero-order valence-electron chi connectivity index (χ0n) is 7.42. The van der Waals surface area contributed by atoms with E-state index in [1.54, 1.807) is 4.57 Å². The number of carbonyl (C=O) groups is 1. The number of rotatable bonds is 1. The third-order valence-electron chi connectivity index (χ3n) is 2.26. The summed E-state index contributed by atoms with van der Waals surface area (Å²) in [6.07, 6.45) is 0.787. The lowest BCUT2D eigenvalue weighted by atomic mass is 10.2. The van der Waals surface area contributed by atoms with Crippen LogP contribution in [0.4, 0.5) is 0 Å². The Balaban J connectivity index is 3.03. The minimum Gasteiger partial charge on any atom is -0.334 e. The van der Waals surface area contributed by atoms with Crippen LogP contribution in [0.15, 0.2) is 22.7 Å². The highest BCUT2D eigenvalue weighted by atomic mass is 79.9. The second-order valence-electron chi connectivity index (χ2n) is 3.02. The summed E-state index contributed by atoms with van der Waals surface area (Å²) in [6.45, 7) is 0. The Labute approximate surface area is 94.6 Å². The van der Waals surface area contributed by atoms with Crippen LogP contribution < -0.4 is 0 Å². The molecule has 14 heavy (non-hydrogen) atoms. The molecule has 1 aromatic carbocycles. The number of hydrogen-bond donors (Lipinski definition) is 0. The summed E-state index contributed by atoms with van der Waals surface area (Å²) in [5.41, 5.74) is 1.49. The van der Waals surface area contributed by atoms with Crippen molar-refractivity contribution in [2.24, 2.45) is 7.05 Å². The molecule has 0 unspecified atom stereocenters. The number of benzene rings is 1. The molecule has 0 atom stereocenters. The summed E-state index contributed by atoms with van der Waals surface area (Å²) >= 11 is 9.42. The smallest absolute Gasteiger partial charge is 0.153 e. The van der Waals surface area contributed by atoms with Gasteiger partial charge in [-0.1, -0.05) is 33.6 Å². The zero-order valence-corrected chi connectivity index (χ0v) is 9.76. The van der Waals surface area contributed by atoms with E-state index in [1.165, 1.54) is 0 Å². The maximum absolute atomic E-state index is 10.9. The van der Waals surface area contributed by atoms with Gasteiger partial charge in [-0.05, 0) is 12.1 Å². The molecule has 4 heteroatoms. The first-order valence-corrected chi connectivity index (χ1v) is 5.21. The van der Waals surface area contributed by atoms with Crippen LogP contribution in [0.2, 0.25) is 5.15 Å². The Bertz CT molecular complexity index is 518. The van der Waals surface area contributed by atoms with Crippen molar-refractivity contribution in [3.05, 3.63) is 33.4 Å². The van der Waals surface area contributed by atoms with Crippen LogP contribution in [0.3, 0.4) is 0 Å². The highest BCUT2D eigenvalue weighted by Gasteiger charge is 2.14. The van der Waals surface area contributed by atoms with Gasteiger partial charge in [0, 0.05) is 16.9 Å². The fourth-order valence-electron chi connectivity index (χ4n) is 1.56. The fraction of sp³-hybridized carbons (Fsp3) is 0.100. The van der Waals surface area contributed by atoms with Crippen molar-refractivity contribution >= 4 is 44.7 Å². The average molecular weight is 273 g/mol. The van der Waals surface area contributed by atoms with Crippen molar-refractivity contribution < 1.29 is 4.79 Å². The van der Waals surface area contributed by atoms with E-state index in [4.69, 9.17) is 11.6 Å². The van der Waals surface area contributed by atoms with E-state index in [1.807, 2.05) is 25.2 Å². The maximum atomic E-state index is 10.9. The molecule has 1 aromatic heterocycles. The average Bonchev–Trinajstić information content (AvgIpc) is 2.43. The number of fused-ring (bicyclic) bond motifs is 1. The lowest BCUT2D eigenvalue weighted by molar-refractivity contribution is 0.112. The van der Waals surface area contributed by atoms with E-state index >= 15 is 0 Å². The SMILES string of the molecule is Cn1c(Cl)c(C=O)c2c(Br)cccc21. The van der Waals surface area contributed by atoms with Gasteiger partial charge in [0.2, 0.25) is 0 Å². The molecule has 2 nitrogen and oxygen atoms in total. The Morgan fingerprint density at radius 3 is 2.86 bits per heavy atom. The Hall–Kier alpha value is -0.800.